The minimum Gasteiger partial charge on any atom is -0.507 e. The van der Waals surface area contributed by atoms with Crippen molar-refractivity contribution in [1.29, 1.82) is 0 Å². The van der Waals surface area contributed by atoms with E-state index in [4.69, 9.17) is 33.1 Å². The molecule has 16 nitrogen and oxygen atoms in total. The average molecular weight is 872 g/mol. The topological polar surface area (TPSA) is 216 Å². The molecule has 3 heterocycles. The van der Waals surface area contributed by atoms with Crippen LogP contribution in [-0.2, 0) is 23.8 Å². The first-order valence-corrected chi connectivity index (χ1v) is 20.9. The summed E-state index contributed by atoms with van der Waals surface area (Å²) in [5, 5.41) is 37.1. The number of benzene rings is 3. The molecular weight excluding hydrogens is 815 g/mol. The summed E-state index contributed by atoms with van der Waals surface area (Å²) in [5.74, 6) is -6.97. The van der Waals surface area contributed by atoms with Gasteiger partial charge in [0, 0.05) is 67.7 Å². The van der Waals surface area contributed by atoms with Crippen LogP contribution in [0.5, 0.6) is 17.2 Å². The van der Waals surface area contributed by atoms with Crippen molar-refractivity contribution in [3.8, 4) is 28.7 Å². The van der Waals surface area contributed by atoms with E-state index in [1.807, 2.05) is 19.0 Å². The van der Waals surface area contributed by atoms with Gasteiger partial charge in [0.25, 0.3) is 11.7 Å². The highest BCUT2D eigenvalue weighted by molar-refractivity contribution is 6.22. The van der Waals surface area contributed by atoms with Crippen molar-refractivity contribution < 1.29 is 57.8 Å². The van der Waals surface area contributed by atoms with Crippen molar-refractivity contribution in [3.63, 3.8) is 0 Å². The average Bonchev–Trinajstić information content (AvgIpc) is 3.51. The monoisotopic (exact) mass is 871 g/mol. The van der Waals surface area contributed by atoms with Crippen LogP contribution in [0.2, 0.25) is 0 Å². The number of Topliss-reactive ketones (excluding diaryl/α,β-unsaturated/α-hetero) is 1. The minimum absolute atomic E-state index is 0.0478. The Bertz CT molecular complexity index is 2540. The molecule has 2 aromatic rings. The van der Waals surface area contributed by atoms with Crippen LogP contribution < -0.4 is 20.2 Å². The fourth-order valence-electron chi connectivity index (χ4n) is 8.26. The lowest BCUT2D eigenvalue weighted by Crippen LogP contribution is -2.46. The Morgan fingerprint density at radius 2 is 1.71 bits per heavy atom. The summed E-state index contributed by atoms with van der Waals surface area (Å²) in [4.78, 5) is 62.6. The number of allylic oxidation sites excluding steroid dienone is 2. The largest absolute Gasteiger partial charge is 0.507 e. The Labute approximate surface area is 365 Å². The summed E-state index contributed by atoms with van der Waals surface area (Å²) < 4.78 is 36.4. The van der Waals surface area contributed by atoms with Crippen molar-refractivity contribution in [3.05, 3.63) is 75.7 Å². The lowest BCUT2D eigenvalue weighted by Gasteiger charge is -2.38. The molecule has 63 heavy (non-hydrogen) atoms. The predicted octanol–water partition coefficient (Wildman–Crippen LogP) is 5.89. The normalized spacial score (nSPS) is 29.0. The number of nitrogens with zero attached hydrogens (tertiary/aromatic N) is 2. The molecule has 1 amide bonds. The van der Waals surface area contributed by atoms with Crippen LogP contribution in [0.1, 0.15) is 64.4 Å². The summed E-state index contributed by atoms with van der Waals surface area (Å²) in [6, 6.07) is 5.01. The number of ketones is 1. The van der Waals surface area contributed by atoms with E-state index in [9.17, 15) is 34.5 Å². The van der Waals surface area contributed by atoms with Crippen LogP contribution in [0.3, 0.4) is 0 Å². The van der Waals surface area contributed by atoms with E-state index >= 15 is 0 Å². The minimum atomic E-state index is -2.05. The SMILES string of the molecule is CO[C@H]1/C=C/O[C@@]2(C)Oc3c(C)c(O)c4c(=O)c(c5oc6cccc(OCCN(C)C)c6nc-5c4c3C2=O)NC(=O)/C(C)=C\C=C\[C@H](C)[C@H](O)[C@@H](C)[C@@H](O)[C@@H](C)[C@H](OC(C)=O)[C@@H]1C. The number of likely N-dealkylation sites (N-methyl/N-ethyl adjacent to an activating group) is 1. The number of phenolic OH excluding ortho intramolecular Hbond substituents is 1. The highest BCUT2D eigenvalue weighted by Crippen LogP contribution is 2.50. The van der Waals surface area contributed by atoms with Gasteiger partial charge in [-0.25, -0.2) is 4.98 Å². The Hall–Kier alpha value is -5.81. The number of aromatic hydroxyl groups is 1. The Morgan fingerprint density at radius 3 is 2.38 bits per heavy atom. The zero-order chi connectivity index (χ0) is 46.2. The van der Waals surface area contributed by atoms with Gasteiger partial charge in [0.1, 0.15) is 46.9 Å². The molecule has 0 radical (unpaired) electrons. The van der Waals surface area contributed by atoms with Gasteiger partial charge in [0.05, 0.1) is 35.5 Å². The molecule has 338 valence electrons. The number of hydrogen-bond acceptors (Lipinski definition) is 15. The number of carbonyl (C=O) groups is 3. The van der Waals surface area contributed by atoms with Gasteiger partial charge in [-0.1, -0.05) is 52.0 Å². The maximum atomic E-state index is 14.8. The molecule has 3 aliphatic heterocycles. The summed E-state index contributed by atoms with van der Waals surface area (Å²) in [5.41, 5.74) is -0.682. The van der Waals surface area contributed by atoms with E-state index in [1.54, 1.807) is 58.0 Å². The maximum absolute atomic E-state index is 14.8. The molecule has 4 aliphatic rings. The Balaban J connectivity index is 1.60. The fourth-order valence-corrected chi connectivity index (χ4v) is 8.26. The third-order valence-corrected chi connectivity index (χ3v) is 12.1. The number of fused-ring (bicyclic) bond motifs is 2. The molecule has 4 bridgehead atoms. The highest BCUT2D eigenvalue weighted by Gasteiger charge is 2.50. The Kier molecular flexibility index (Phi) is 13.7. The molecule has 1 aliphatic carbocycles. The third-order valence-electron chi connectivity index (χ3n) is 12.1. The molecule has 0 saturated heterocycles. The van der Waals surface area contributed by atoms with Crippen molar-refractivity contribution in [1.82, 2.24) is 9.88 Å². The first-order chi connectivity index (χ1) is 29.7. The summed E-state index contributed by atoms with van der Waals surface area (Å²) in [7, 11) is 5.25. The predicted molar refractivity (Wildman–Crippen MR) is 235 cm³/mol. The van der Waals surface area contributed by atoms with Crippen molar-refractivity contribution in [2.24, 2.45) is 23.7 Å². The van der Waals surface area contributed by atoms with Crippen LogP contribution >= 0.6 is 0 Å². The van der Waals surface area contributed by atoms with Gasteiger partial charge in [0.2, 0.25) is 5.43 Å². The molecule has 0 spiro atoms. The number of aliphatic hydroxyl groups excluding tert-OH is 2. The van der Waals surface area contributed by atoms with E-state index in [0.29, 0.717) is 18.9 Å². The number of ether oxygens (including phenoxy) is 5. The molecule has 2 aromatic carbocycles. The highest BCUT2D eigenvalue weighted by atomic mass is 16.7. The number of nitrogens with one attached hydrogen (secondary N) is 1. The van der Waals surface area contributed by atoms with Crippen molar-refractivity contribution in [2.45, 2.75) is 85.6 Å². The summed E-state index contributed by atoms with van der Waals surface area (Å²) in [6.45, 7) is 13.5. The van der Waals surface area contributed by atoms with Gasteiger partial charge in [-0.05, 0) is 46.2 Å². The molecule has 0 aromatic heterocycles. The van der Waals surface area contributed by atoms with Crippen LogP contribution in [0, 0.1) is 30.6 Å². The van der Waals surface area contributed by atoms with E-state index in [2.05, 4.69) is 5.32 Å². The van der Waals surface area contributed by atoms with E-state index < -0.39 is 82.7 Å². The van der Waals surface area contributed by atoms with Gasteiger partial charge >= 0.3 is 11.8 Å². The van der Waals surface area contributed by atoms with Crippen LogP contribution in [0.4, 0.5) is 5.69 Å². The molecule has 4 N–H and O–H groups in total. The van der Waals surface area contributed by atoms with Crippen LogP contribution in [-0.4, -0.2) is 107 Å². The van der Waals surface area contributed by atoms with Gasteiger partial charge in [-0.3, -0.25) is 19.2 Å². The molecular formula is C47H57N3O13. The number of esters is 1. The summed E-state index contributed by atoms with van der Waals surface area (Å²) in [6.07, 6.45) is 3.58. The molecule has 6 rings (SSSR count). The van der Waals surface area contributed by atoms with Gasteiger partial charge in [-0.2, -0.15) is 0 Å². The van der Waals surface area contributed by atoms with Gasteiger partial charge < -0.3 is 53.6 Å². The number of rotatable bonds is 6. The van der Waals surface area contributed by atoms with Crippen LogP contribution in [0.25, 0.3) is 33.3 Å². The molecule has 0 unspecified atom stereocenters. The number of amides is 1. The number of hydrogen-bond donors (Lipinski definition) is 4. The quantitative estimate of drug-likeness (QED) is 0.101. The number of carbonyl (C=O) groups excluding carboxylic acids is 3. The van der Waals surface area contributed by atoms with E-state index in [1.165, 1.54) is 53.2 Å². The zero-order valence-corrected chi connectivity index (χ0v) is 37.5. The first kappa shape index (κ1) is 46.7. The molecule has 16 heteroatoms. The number of methoxy groups -OCH3 is 1. The number of aromatic nitrogens is 1. The second-order valence-electron chi connectivity index (χ2n) is 17.0. The van der Waals surface area contributed by atoms with E-state index in [-0.39, 0.29) is 61.5 Å². The van der Waals surface area contributed by atoms with Gasteiger partial charge in [-0.15, -0.1) is 0 Å². The van der Waals surface area contributed by atoms with Crippen molar-refractivity contribution >= 4 is 45.2 Å². The first-order valence-electron chi connectivity index (χ1n) is 20.9. The fraction of sp³-hybridized carbons (Fsp3) is 0.468. The second-order valence-corrected chi connectivity index (χ2v) is 17.0. The molecule has 0 saturated carbocycles. The lowest BCUT2D eigenvalue weighted by molar-refractivity contribution is -0.160. The molecule has 0 fully saturated rings. The number of anilines is 1. The standard InChI is InChI=1S/C47H57N3O13/c1-22-14-12-15-23(2)46(57)49-37-41(55)33-32(36-44(37)62-31-17-13-16-30(35(31)48-36)59-21-19-50(9)10)34-43(27(6)40(33)54)63-47(8,45(34)56)60-20-18-29(58-11)24(3)42(61-28(7)51)26(5)39(53)25(4)38(22)52/h12-18,20,22,24-26,29,38-39,42,52-54H,19,21H2,1-11H3,(H,49,57)/b14-12+,20-18+,23-15-/t22-,24+,25+,26+,29-,38-,39+,42+,47-/m0/s1. The van der Waals surface area contributed by atoms with Crippen molar-refractivity contribution in [2.75, 3.05) is 39.7 Å². The lowest BCUT2D eigenvalue weighted by atomic mass is 9.78. The third kappa shape index (κ3) is 8.90. The number of para-hydroxylation sites is 1. The number of phenols is 1. The zero-order valence-electron chi connectivity index (χ0n) is 37.5. The smallest absolute Gasteiger partial charge is 0.312 e. The van der Waals surface area contributed by atoms with Crippen LogP contribution in [0.15, 0.2) is 63.6 Å². The maximum Gasteiger partial charge on any atom is 0.312 e. The number of aliphatic hydroxyl groups is 2. The second kappa shape index (κ2) is 18.5. The van der Waals surface area contributed by atoms with E-state index in [0.717, 1.165) is 0 Å². The van der Waals surface area contributed by atoms with Gasteiger partial charge in [0.15, 0.2) is 11.3 Å². The summed E-state index contributed by atoms with van der Waals surface area (Å²) >= 11 is 0. The molecule has 9 atom stereocenters. The Morgan fingerprint density at radius 1 is 1.00 bits per heavy atom.